The molecule has 0 aliphatic rings. The Morgan fingerprint density at radius 2 is 2.05 bits per heavy atom. The molecule has 0 saturated carbocycles. The molecule has 0 bridgehead atoms. The van der Waals surface area contributed by atoms with Crippen molar-refractivity contribution in [3.8, 4) is 5.75 Å². The van der Waals surface area contributed by atoms with E-state index in [1.54, 1.807) is 19.1 Å². The largest absolute Gasteiger partial charge is 0.492 e. The molecule has 0 saturated heterocycles. The van der Waals surface area contributed by atoms with Crippen LogP contribution in [0.15, 0.2) is 24.3 Å². The molecule has 5 nitrogen and oxygen atoms in total. The molecule has 0 aromatic heterocycles. The normalized spacial score (nSPS) is 11.6. The topological polar surface area (TPSA) is 67.4 Å². The van der Waals surface area contributed by atoms with Gasteiger partial charge in [0, 0.05) is 13.0 Å². The molecule has 0 unspecified atom stereocenters. The first-order chi connectivity index (χ1) is 9.54. The molecule has 20 heavy (non-hydrogen) atoms. The zero-order chi connectivity index (χ0) is 15.0. The van der Waals surface area contributed by atoms with Gasteiger partial charge in [0.15, 0.2) is 0 Å². The summed E-state index contributed by atoms with van der Waals surface area (Å²) in [5.41, 5.74) is 0.622. The van der Waals surface area contributed by atoms with E-state index in [1.807, 2.05) is 19.1 Å². The van der Waals surface area contributed by atoms with Crippen LogP contribution in [0.1, 0.15) is 20.3 Å². The predicted molar refractivity (Wildman–Crippen MR) is 79.2 cm³/mol. The second kappa shape index (κ2) is 8.43. The highest BCUT2D eigenvalue weighted by Crippen LogP contribution is 2.23. The van der Waals surface area contributed by atoms with Crippen LogP contribution < -0.4 is 15.4 Å². The van der Waals surface area contributed by atoms with Crippen molar-refractivity contribution in [1.29, 1.82) is 0 Å². The summed E-state index contributed by atoms with van der Waals surface area (Å²) in [5, 5.41) is 4.73. The summed E-state index contributed by atoms with van der Waals surface area (Å²) in [6, 6.07) is 7.20. The standard InChI is InChI=1S/C14H19ClN2O3/c1-3-20-12-7-5-4-6-11(12)17-13(18)8-9-16-14(19)10(2)15/h4-7,10H,3,8-9H2,1-2H3,(H,16,19)(H,17,18)/t10-/m0/s1. The van der Waals surface area contributed by atoms with Crippen LogP contribution in [0.3, 0.4) is 0 Å². The van der Waals surface area contributed by atoms with Crippen molar-refractivity contribution in [1.82, 2.24) is 5.32 Å². The lowest BCUT2D eigenvalue weighted by molar-refractivity contribution is -0.120. The van der Waals surface area contributed by atoms with Crippen molar-refractivity contribution in [2.24, 2.45) is 0 Å². The highest BCUT2D eigenvalue weighted by atomic mass is 35.5. The number of alkyl halides is 1. The minimum Gasteiger partial charge on any atom is -0.492 e. The van der Waals surface area contributed by atoms with E-state index in [1.165, 1.54) is 0 Å². The Morgan fingerprint density at radius 1 is 1.35 bits per heavy atom. The first-order valence-electron chi connectivity index (χ1n) is 6.48. The quantitative estimate of drug-likeness (QED) is 0.758. The number of rotatable bonds is 7. The van der Waals surface area contributed by atoms with Gasteiger partial charge < -0.3 is 15.4 Å². The Balaban J connectivity index is 2.44. The third-order valence-electron chi connectivity index (χ3n) is 2.47. The molecule has 0 spiro atoms. The molecule has 1 aromatic rings. The average Bonchev–Trinajstić information content (AvgIpc) is 2.41. The van der Waals surface area contributed by atoms with Crippen LogP contribution in [0.4, 0.5) is 5.69 Å². The fourth-order valence-corrected chi connectivity index (χ4v) is 1.58. The van der Waals surface area contributed by atoms with Crippen LogP contribution in [0.5, 0.6) is 5.75 Å². The van der Waals surface area contributed by atoms with E-state index in [0.29, 0.717) is 18.0 Å². The van der Waals surface area contributed by atoms with Gasteiger partial charge in [-0.3, -0.25) is 9.59 Å². The van der Waals surface area contributed by atoms with Crippen molar-refractivity contribution < 1.29 is 14.3 Å². The van der Waals surface area contributed by atoms with E-state index >= 15 is 0 Å². The van der Waals surface area contributed by atoms with Crippen molar-refractivity contribution in [2.45, 2.75) is 25.6 Å². The number of amides is 2. The van der Waals surface area contributed by atoms with Gasteiger partial charge in [-0.2, -0.15) is 0 Å². The van der Waals surface area contributed by atoms with Crippen LogP contribution in [0.25, 0.3) is 0 Å². The molecule has 0 aliphatic carbocycles. The molecular weight excluding hydrogens is 280 g/mol. The molecule has 2 amide bonds. The molecule has 2 N–H and O–H groups in total. The third kappa shape index (κ3) is 5.48. The van der Waals surface area contributed by atoms with E-state index in [0.717, 1.165) is 0 Å². The summed E-state index contributed by atoms with van der Waals surface area (Å²) in [5.74, 6) is 0.149. The molecule has 0 radical (unpaired) electrons. The maximum Gasteiger partial charge on any atom is 0.237 e. The second-order valence-electron chi connectivity index (χ2n) is 4.13. The van der Waals surface area contributed by atoms with Gasteiger partial charge in [0.1, 0.15) is 11.1 Å². The lowest BCUT2D eigenvalue weighted by atomic mass is 10.2. The van der Waals surface area contributed by atoms with Crippen molar-refractivity contribution in [3.05, 3.63) is 24.3 Å². The maximum absolute atomic E-state index is 11.8. The van der Waals surface area contributed by atoms with Crippen LogP contribution in [-0.2, 0) is 9.59 Å². The predicted octanol–water partition coefficient (Wildman–Crippen LogP) is 2.16. The molecule has 0 heterocycles. The lowest BCUT2D eigenvalue weighted by Crippen LogP contribution is -2.32. The Bertz CT molecular complexity index is 463. The summed E-state index contributed by atoms with van der Waals surface area (Å²) in [4.78, 5) is 23.0. The van der Waals surface area contributed by atoms with Crippen LogP contribution >= 0.6 is 11.6 Å². The number of benzene rings is 1. The SMILES string of the molecule is CCOc1ccccc1NC(=O)CCNC(=O)[C@H](C)Cl. The second-order valence-corrected chi connectivity index (χ2v) is 4.79. The van der Waals surface area contributed by atoms with Crippen LogP contribution in [0.2, 0.25) is 0 Å². The molecule has 6 heteroatoms. The van der Waals surface area contributed by atoms with Crippen molar-refractivity contribution in [3.63, 3.8) is 0 Å². The molecular formula is C14H19ClN2O3. The smallest absolute Gasteiger partial charge is 0.237 e. The Labute approximate surface area is 123 Å². The van der Waals surface area contributed by atoms with Gasteiger partial charge in [0.25, 0.3) is 0 Å². The average molecular weight is 299 g/mol. The molecule has 0 fully saturated rings. The highest BCUT2D eigenvalue weighted by Gasteiger charge is 2.10. The maximum atomic E-state index is 11.8. The number of carbonyl (C=O) groups excluding carboxylic acids is 2. The summed E-state index contributed by atoms with van der Waals surface area (Å²) in [7, 11) is 0. The molecule has 1 atom stereocenters. The molecule has 110 valence electrons. The van der Waals surface area contributed by atoms with E-state index < -0.39 is 5.38 Å². The molecule has 1 rings (SSSR count). The highest BCUT2D eigenvalue weighted by molar-refractivity contribution is 6.30. The summed E-state index contributed by atoms with van der Waals surface area (Å²) < 4.78 is 5.41. The fraction of sp³-hybridized carbons (Fsp3) is 0.429. The Kier molecular flexibility index (Phi) is 6.87. The van der Waals surface area contributed by atoms with E-state index in [2.05, 4.69) is 10.6 Å². The van der Waals surface area contributed by atoms with Gasteiger partial charge in [-0.15, -0.1) is 11.6 Å². The van der Waals surface area contributed by atoms with E-state index in [9.17, 15) is 9.59 Å². The van der Waals surface area contributed by atoms with Gasteiger partial charge in [-0.25, -0.2) is 0 Å². The molecule has 1 aromatic carbocycles. The zero-order valence-electron chi connectivity index (χ0n) is 11.6. The Morgan fingerprint density at radius 3 is 2.70 bits per heavy atom. The number of anilines is 1. The summed E-state index contributed by atoms with van der Waals surface area (Å²) >= 11 is 5.60. The summed E-state index contributed by atoms with van der Waals surface area (Å²) in [6.07, 6.45) is 0.176. The third-order valence-corrected chi connectivity index (χ3v) is 2.67. The number of ether oxygens (including phenoxy) is 1. The number of carbonyl (C=O) groups is 2. The van der Waals surface area contributed by atoms with E-state index in [4.69, 9.17) is 16.3 Å². The number of para-hydroxylation sites is 2. The Hall–Kier alpha value is -1.75. The fourth-order valence-electron chi connectivity index (χ4n) is 1.50. The van der Waals surface area contributed by atoms with Crippen LogP contribution in [0, 0.1) is 0 Å². The summed E-state index contributed by atoms with van der Waals surface area (Å²) in [6.45, 7) is 4.23. The number of halogens is 1. The first-order valence-corrected chi connectivity index (χ1v) is 6.91. The monoisotopic (exact) mass is 298 g/mol. The lowest BCUT2D eigenvalue weighted by Gasteiger charge is -2.11. The van der Waals surface area contributed by atoms with E-state index in [-0.39, 0.29) is 24.8 Å². The van der Waals surface area contributed by atoms with Crippen LogP contribution in [-0.4, -0.2) is 30.3 Å². The van der Waals surface area contributed by atoms with Gasteiger partial charge in [-0.05, 0) is 26.0 Å². The molecule has 0 aliphatic heterocycles. The number of hydrogen-bond donors (Lipinski definition) is 2. The van der Waals surface area contributed by atoms with Gasteiger partial charge >= 0.3 is 0 Å². The van der Waals surface area contributed by atoms with Gasteiger partial charge in [0.2, 0.25) is 11.8 Å². The van der Waals surface area contributed by atoms with Gasteiger partial charge in [-0.1, -0.05) is 12.1 Å². The first kappa shape index (κ1) is 16.3. The zero-order valence-corrected chi connectivity index (χ0v) is 12.4. The minimum absolute atomic E-state index is 0.176. The van der Waals surface area contributed by atoms with Gasteiger partial charge in [0.05, 0.1) is 12.3 Å². The number of nitrogens with one attached hydrogen (secondary N) is 2. The number of hydrogen-bond acceptors (Lipinski definition) is 3. The van der Waals surface area contributed by atoms with Crippen molar-refractivity contribution >= 4 is 29.1 Å². The van der Waals surface area contributed by atoms with Crippen molar-refractivity contribution in [2.75, 3.05) is 18.5 Å². The minimum atomic E-state index is -0.600.